The van der Waals surface area contributed by atoms with Crippen molar-refractivity contribution in [3.05, 3.63) is 90.5 Å². The van der Waals surface area contributed by atoms with Gasteiger partial charge in [-0.25, -0.2) is 4.79 Å². The molecular weight excluding hydrogens is 468 g/mol. The number of ether oxygens (including phenoxy) is 2. The Morgan fingerprint density at radius 2 is 1.51 bits per heavy atom. The van der Waals surface area contributed by atoms with E-state index in [-0.39, 0.29) is 5.91 Å². The van der Waals surface area contributed by atoms with E-state index < -0.39 is 17.1 Å². The Bertz CT molecular complexity index is 1240. The molecule has 3 aromatic carbocycles. The third kappa shape index (κ3) is 6.64. The van der Waals surface area contributed by atoms with Gasteiger partial charge in [0.2, 0.25) is 11.8 Å². The number of rotatable bonds is 8. The summed E-state index contributed by atoms with van der Waals surface area (Å²) >= 11 is 1.37. The molecule has 0 saturated heterocycles. The zero-order valence-corrected chi connectivity index (χ0v) is 19.3. The van der Waals surface area contributed by atoms with Crippen molar-refractivity contribution in [3.63, 3.8) is 0 Å². The fourth-order valence-electron chi connectivity index (χ4n) is 3.31. The smallest absolute Gasteiger partial charge is 0.328 e. The lowest BCUT2D eigenvalue weighted by Crippen LogP contribution is -2.20. The normalized spacial score (nSPS) is 13.1. The molecule has 0 spiro atoms. The van der Waals surface area contributed by atoms with Crippen LogP contribution >= 0.6 is 11.8 Å². The molecule has 35 heavy (non-hydrogen) atoms. The molecule has 1 aliphatic heterocycles. The van der Waals surface area contributed by atoms with Gasteiger partial charge in [-0.2, -0.15) is 0 Å². The highest BCUT2D eigenvalue weighted by molar-refractivity contribution is 8.00. The van der Waals surface area contributed by atoms with E-state index in [2.05, 4.69) is 10.6 Å². The predicted octanol–water partition coefficient (Wildman–Crippen LogP) is 4.51. The summed E-state index contributed by atoms with van der Waals surface area (Å²) in [5, 5.41) is 13.6. The lowest BCUT2D eigenvalue weighted by atomic mass is 10.1. The molecule has 1 aliphatic rings. The summed E-state index contributed by atoms with van der Waals surface area (Å²) in [6, 6.07) is 21.7. The zero-order chi connectivity index (χ0) is 24.6. The average molecular weight is 491 g/mol. The Hall–Kier alpha value is -4.24. The molecule has 0 aromatic heterocycles. The number of carboxylic acid groups (broad SMARTS) is 1. The number of amides is 2. The summed E-state index contributed by atoms with van der Waals surface area (Å²) < 4.78 is 11.1. The SMILES string of the molecule is O=C(O)/C=C/C(=O)Nc1ccc(SC(C(=O)Nc2ccc3c(c2)OCCO3)c2ccccc2)cc1. The zero-order valence-electron chi connectivity index (χ0n) is 18.5. The summed E-state index contributed by atoms with van der Waals surface area (Å²) in [5.41, 5.74) is 1.95. The van der Waals surface area contributed by atoms with Crippen molar-refractivity contribution >= 4 is 40.9 Å². The highest BCUT2D eigenvalue weighted by Gasteiger charge is 2.23. The first-order valence-corrected chi connectivity index (χ1v) is 11.6. The molecule has 1 unspecified atom stereocenters. The highest BCUT2D eigenvalue weighted by Crippen LogP contribution is 2.38. The Kier molecular flexibility index (Phi) is 7.69. The van der Waals surface area contributed by atoms with Crippen LogP contribution in [0.3, 0.4) is 0 Å². The standard InChI is InChI=1S/C26H22N2O6S/c29-23(12-13-24(30)31)27-18-6-9-20(10-7-18)35-25(17-4-2-1-3-5-17)26(32)28-19-8-11-21-22(16-19)34-15-14-33-21/h1-13,16,25H,14-15H2,(H,27,29)(H,28,32)(H,30,31)/b13-12+. The molecule has 8 nitrogen and oxygen atoms in total. The number of anilines is 2. The minimum Gasteiger partial charge on any atom is -0.486 e. The van der Waals surface area contributed by atoms with Gasteiger partial charge in [0.05, 0.1) is 0 Å². The van der Waals surface area contributed by atoms with Crippen LogP contribution < -0.4 is 20.1 Å². The first-order valence-electron chi connectivity index (χ1n) is 10.7. The Morgan fingerprint density at radius 3 is 2.23 bits per heavy atom. The lowest BCUT2D eigenvalue weighted by Gasteiger charge is -2.20. The van der Waals surface area contributed by atoms with E-state index in [1.54, 1.807) is 42.5 Å². The summed E-state index contributed by atoms with van der Waals surface area (Å²) in [6.07, 6.45) is 1.71. The van der Waals surface area contributed by atoms with Crippen molar-refractivity contribution in [1.29, 1.82) is 0 Å². The fourth-order valence-corrected chi connectivity index (χ4v) is 4.34. The Morgan fingerprint density at radius 1 is 0.829 bits per heavy atom. The fraction of sp³-hybridized carbons (Fsp3) is 0.115. The second-order valence-electron chi connectivity index (χ2n) is 7.44. The summed E-state index contributed by atoms with van der Waals surface area (Å²) in [5.74, 6) is -0.709. The largest absolute Gasteiger partial charge is 0.486 e. The van der Waals surface area contributed by atoms with Gasteiger partial charge < -0.3 is 25.2 Å². The molecule has 178 valence electrons. The maximum Gasteiger partial charge on any atom is 0.328 e. The third-order valence-electron chi connectivity index (χ3n) is 4.90. The number of thioether (sulfide) groups is 1. The van der Waals surface area contributed by atoms with Gasteiger partial charge >= 0.3 is 5.97 Å². The van der Waals surface area contributed by atoms with Gasteiger partial charge in [0, 0.05) is 34.5 Å². The number of hydrogen-bond donors (Lipinski definition) is 3. The summed E-state index contributed by atoms with van der Waals surface area (Å²) in [4.78, 5) is 36.4. The molecule has 1 atom stereocenters. The van der Waals surface area contributed by atoms with E-state index in [1.165, 1.54) is 11.8 Å². The molecule has 0 fully saturated rings. The number of carboxylic acids is 1. The molecule has 0 radical (unpaired) electrons. The van der Waals surface area contributed by atoms with Crippen molar-refractivity contribution in [2.45, 2.75) is 10.1 Å². The van der Waals surface area contributed by atoms with Gasteiger partial charge in [-0.05, 0) is 42.0 Å². The second kappa shape index (κ2) is 11.3. The molecule has 9 heteroatoms. The number of hydrogen-bond acceptors (Lipinski definition) is 6. The van der Waals surface area contributed by atoms with Crippen LogP contribution in [0.15, 0.2) is 89.8 Å². The van der Waals surface area contributed by atoms with E-state index in [0.717, 1.165) is 22.6 Å². The van der Waals surface area contributed by atoms with Crippen LogP contribution in [0, 0.1) is 0 Å². The number of fused-ring (bicyclic) bond motifs is 1. The highest BCUT2D eigenvalue weighted by atomic mass is 32.2. The Labute approximate surface area is 205 Å². The maximum absolute atomic E-state index is 13.3. The van der Waals surface area contributed by atoms with E-state index in [0.29, 0.717) is 36.1 Å². The van der Waals surface area contributed by atoms with Crippen molar-refractivity contribution in [3.8, 4) is 11.5 Å². The van der Waals surface area contributed by atoms with Gasteiger partial charge in [0.15, 0.2) is 11.5 Å². The number of carbonyl (C=O) groups is 3. The van der Waals surface area contributed by atoms with E-state index in [4.69, 9.17) is 14.6 Å². The summed E-state index contributed by atoms with van der Waals surface area (Å²) in [6.45, 7) is 0.951. The minimum absolute atomic E-state index is 0.200. The van der Waals surface area contributed by atoms with Gasteiger partial charge in [0.25, 0.3) is 0 Å². The van der Waals surface area contributed by atoms with Crippen LogP contribution in [0.5, 0.6) is 11.5 Å². The third-order valence-corrected chi connectivity index (χ3v) is 6.17. The van der Waals surface area contributed by atoms with Crippen molar-refractivity contribution in [2.24, 2.45) is 0 Å². The quantitative estimate of drug-likeness (QED) is 0.314. The Balaban J connectivity index is 1.48. The van der Waals surface area contributed by atoms with Gasteiger partial charge in [-0.15, -0.1) is 11.8 Å². The number of benzene rings is 3. The number of aliphatic carboxylic acids is 1. The van der Waals surface area contributed by atoms with E-state index in [9.17, 15) is 14.4 Å². The topological polar surface area (TPSA) is 114 Å². The average Bonchev–Trinajstić information content (AvgIpc) is 2.87. The van der Waals surface area contributed by atoms with Gasteiger partial charge in [-0.1, -0.05) is 30.3 Å². The van der Waals surface area contributed by atoms with Gasteiger partial charge in [0.1, 0.15) is 18.5 Å². The molecule has 4 rings (SSSR count). The van der Waals surface area contributed by atoms with E-state index >= 15 is 0 Å². The molecule has 2 amide bonds. The lowest BCUT2D eigenvalue weighted by molar-refractivity contribution is -0.131. The van der Waals surface area contributed by atoms with Crippen LogP contribution in [-0.2, 0) is 14.4 Å². The van der Waals surface area contributed by atoms with Crippen LogP contribution in [-0.4, -0.2) is 36.1 Å². The molecule has 0 aliphatic carbocycles. The van der Waals surface area contributed by atoms with Crippen LogP contribution in [0.1, 0.15) is 10.8 Å². The van der Waals surface area contributed by atoms with Crippen molar-refractivity contribution < 1.29 is 29.0 Å². The minimum atomic E-state index is -1.20. The monoisotopic (exact) mass is 490 g/mol. The summed E-state index contributed by atoms with van der Waals surface area (Å²) in [7, 11) is 0. The molecule has 0 saturated carbocycles. The second-order valence-corrected chi connectivity index (χ2v) is 8.62. The first kappa shape index (κ1) is 23.9. The molecule has 3 aromatic rings. The number of carbonyl (C=O) groups excluding carboxylic acids is 2. The molecule has 0 bridgehead atoms. The molecule has 1 heterocycles. The first-order chi connectivity index (χ1) is 17.0. The van der Waals surface area contributed by atoms with Crippen LogP contribution in [0.25, 0.3) is 0 Å². The van der Waals surface area contributed by atoms with Crippen molar-refractivity contribution in [1.82, 2.24) is 0 Å². The molecule has 3 N–H and O–H groups in total. The predicted molar refractivity (Wildman–Crippen MR) is 133 cm³/mol. The van der Waals surface area contributed by atoms with Crippen molar-refractivity contribution in [2.75, 3.05) is 23.8 Å². The van der Waals surface area contributed by atoms with Gasteiger partial charge in [-0.3, -0.25) is 9.59 Å². The van der Waals surface area contributed by atoms with Crippen LogP contribution in [0.4, 0.5) is 11.4 Å². The van der Waals surface area contributed by atoms with Crippen LogP contribution in [0.2, 0.25) is 0 Å². The maximum atomic E-state index is 13.3. The molecular formula is C26H22N2O6S. The number of nitrogens with one attached hydrogen (secondary N) is 2. The van der Waals surface area contributed by atoms with E-state index in [1.807, 2.05) is 30.3 Å².